The molecule has 0 aliphatic carbocycles. The fourth-order valence-electron chi connectivity index (χ4n) is 3.67. The maximum atomic E-state index is 13.6. The number of hydrogen-bond donors (Lipinski definition) is 1. The van der Waals surface area contributed by atoms with E-state index >= 15 is 0 Å². The summed E-state index contributed by atoms with van der Waals surface area (Å²) in [5.74, 6) is -0.711. The third-order valence-electron chi connectivity index (χ3n) is 5.23. The van der Waals surface area contributed by atoms with Gasteiger partial charge in [0.2, 0.25) is 11.8 Å². The van der Waals surface area contributed by atoms with E-state index in [1.807, 2.05) is 81.4 Å². The number of hydrogen-bond acceptors (Lipinski definition) is 2. The Morgan fingerprint density at radius 2 is 1.36 bits per heavy atom. The molecule has 0 fully saturated rings. The summed E-state index contributed by atoms with van der Waals surface area (Å²) in [6.07, 6.45) is 0.556. The molecule has 33 heavy (non-hydrogen) atoms. The average Bonchev–Trinajstić information content (AvgIpc) is 2.77. The van der Waals surface area contributed by atoms with Crippen molar-refractivity contribution in [2.75, 3.05) is 0 Å². The van der Waals surface area contributed by atoms with E-state index in [9.17, 15) is 14.0 Å². The third kappa shape index (κ3) is 7.56. The summed E-state index contributed by atoms with van der Waals surface area (Å²) >= 11 is 0. The Morgan fingerprint density at radius 1 is 0.818 bits per heavy atom. The van der Waals surface area contributed by atoms with Gasteiger partial charge >= 0.3 is 0 Å². The molecule has 0 saturated heterocycles. The molecule has 0 aromatic heterocycles. The van der Waals surface area contributed by atoms with Gasteiger partial charge in [0.15, 0.2) is 0 Å². The Morgan fingerprint density at radius 3 is 1.91 bits per heavy atom. The highest BCUT2D eigenvalue weighted by molar-refractivity contribution is 5.89. The molecule has 172 valence electrons. The van der Waals surface area contributed by atoms with Crippen LogP contribution in [0.15, 0.2) is 84.9 Å². The number of carbonyl (C=O) groups excluding carboxylic acids is 2. The minimum atomic E-state index is -0.715. The summed E-state index contributed by atoms with van der Waals surface area (Å²) < 4.78 is 13.5. The molecule has 0 aliphatic heterocycles. The molecular formula is C28H31FN2O2. The van der Waals surface area contributed by atoms with Gasteiger partial charge in [-0.25, -0.2) is 4.39 Å². The molecule has 3 aromatic carbocycles. The van der Waals surface area contributed by atoms with Gasteiger partial charge < -0.3 is 10.2 Å². The molecule has 3 aromatic rings. The Kier molecular flexibility index (Phi) is 7.99. The normalized spacial score (nSPS) is 12.1. The second-order valence-electron chi connectivity index (χ2n) is 9.26. The summed E-state index contributed by atoms with van der Waals surface area (Å²) in [6, 6.07) is 24.5. The van der Waals surface area contributed by atoms with Crippen molar-refractivity contribution in [3.05, 3.63) is 107 Å². The maximum Gasteiger partial charge on any atom is 0.243 e. The van der Waals surface area contributed by atoms with Crippen LogP contribution in [0.25, 0.3) is 0 Å². The lowest BCUT2D eigenvalue weighted by Crippen LogP contribution is -2.54. The van der Waals surface area contributed by atoms with Crippen molar-refractivity contribution < 1.29 is 14.0 Å². The molecule has 0 unspecified atom stereocenters. The quantitative estimate of drug-likeness (QED) is 0.534. The molecule has 0 aliphatic rings. The lowest BCUT2D eigenvalue weighted by atomic mass is 10.00. The van der Waals surface area contributed by atoms with Crippen LogP contribution in [0.5, 0.6) is 0 Å². The molecule has 0 spiro atoms. The minimum Gasteiger partial charge on any atom is -0.350 e. The monoisotopic (exact) mass is 446 g/mol. The van der Waals surface area contributed by atoms with E-state index in [1.165, 1.54) is 12.1 Å². The molecule has 1 N–H and O–H groups in total. The van der Waals surface area contributed by atoms with Crippen molar-refractivity contribution in [3.63, 3.8) is 0 Å². The smallest absolute Gasteiger partial charge is 0.243 e. The van der Waals surface area contributed by atoms with Crippen LogP contribution in [0.4, 0.5) is 4.39 Å². The maximum absolute atomic E-state index is 13.6. The van der Waals surface area contributed by atoms with Gasteiger partial charge in [-0.1, -0.05) is 72.8 Å². The van der Waals surface area contributed by atoms with Crippen molar-refractivity contribution in [1.29, 1.82) is 0 Å². The van der Waals surface area contributed by atoms with Crippen molar-refractivity contribution in [2.24, 2.45) is 0 Å². The van der Waals surface area contributed by atoms with E-state index in [4.69, 9.17) is 0 Å². The largest absolute Gasteiger partial charge is 0.350 e. The van der Waals surface area contributed by atoms with Gasteiger partial charge in [-0.3, -0.25) is 9.59 Å². The predicted molar refractivity (Wildman–Crippen MR) is 129 cm³/mol. The number of carbonyl (C=O) groups is 2. The highest BCUT2D eigenvalue weighted by Crippen LogP contribution is 2.18. The Bertz CT molecular complexity index is 1040. The van der Waals surface area contributed by atoms with Gasteiger partial charge in [-0.15, -0.1) is 0 Å². The number of benzene rings is 3. The first-order valence-electron chi connectivity index (χ1n) is 11.1. The second-order valence-corrected chi connectivity index (χ2v) is 9.26. The van der Waals surface area contributed by atoms with E-state index in [0.29, 0.717) is 6.42 Å². The third-order valence-corrected chi connectivity index (χ3v) is 5.23. The first-order valence-corrected chi connectivity index (χ1v) is 11.1. The van der Waals surface area contributed by atoms with Crippen LogP contribution < -0.4 is 5.32 Å². The zero-order valence-corrected chi connectivity index (χ0v) is 19.4. The molecule has 0 saturated carbocycles. The molecule has 4 nitrogen and oxygen atoms in total. The van der Waals surface area contributed by atoms with Gasteiger partial charge in [0, 0.05) is 18.5 Å². The number of nitrogens with zero attached hydrogens (tertiary/aromatic N) is 1. The summed E-state index contributed by atoms with van der Waals surface area (Å²) in [6.45, 7) is 5.96. The summed E-state index contributed by atoms with van der Waals surface area (Å²) in [7, 11) is 0. The van der Waals surface area contributed by atoms with Crippen LogP contribution in [0.1, 0.15) is 37.5 Å². The molecule has 0 heterocycles. The number of amides is 2. The van der Waals surface area contributed by atoms with Crippen LogP contribution in [0.3, 0.4) is 0 Å². The molecule has 3 rings (SSSR count). The van der Waals surface area contributed by atoms with Crippen LogP contribution in [0.2, 0.25) is 0 Å². The first kappa shape index (κ1) is 24.2. The van der Waals surface area contributed by atoms with Gasteiger partial charge in [0.1, 0.15) is 11.9 Å². The Balaban J connectivity index is 1.97. The molecule has 0 radical (unpaired) electrons. The number of halogens is 1. The molecule has 0 bridgehead atoms. The zero-order chi connectivity index (χ0) is 23.8. The van der Waals surface area contributed by atoms with Crippen LogP contribution in [-0.4, -0.2) is 28.3 Å². The molecule has 1 atom stereocenters. The Hall–Kier alpha value is -3.47. The number of rotatable bonds is 8. The number of nitrogens with one attached hydrogen (secondary N) is 1. The van der Waals surface area contributed by atoms with Crippen molar-refractivity contribution >= 4 is 11.8 Å². The molecule has 2 amide bonds. The SMILES string of the molecule is CC(C)(C)NC(=O)[C@@H](Cc1ccccc1)N(Cc1ccc(F)cc1)C(=O)Cc1ccccc1. The van der Waals surface area contributed by atoms with E-state index < -0.39 is 11.6 Å². The van der Waals surface area contributed by atoms with Gasteiger partial charge in [-0.2, -0.15) is 0 Å². The Labute approximate surface area is 195 Å². The second kappa shape index (κ2) is 10.9. The van der Waals surface area contributed by atoms with Crippen LogP contribution in [0, 0.1) is 5.82 Å². The topological polar surface area (TPSA) is 49.4 Å². The highest BCUT2D eigenvalue weighted by atomic mass is 19.1. The van der Waals surface area contributed by atoms with Crippen molar-refractivity contribution in [1.82, 2.24) is 10.2 Å². The lowest BCUT2D eigenvalue weighted by Gasteiger charge is -2.34. The fourth-order valence-corrected chi connectivity index (χ4v) is 3.67. The zero-order valence-electron chi connectivity index (χ0n) is 19.4. The highest BCUT2D eigenvalue weighted by Gasteiger charge is 2.32. The van der Waals surface area contributed by atoms with Crippen LogP contribution in [-0.2, 0) is 29.0 Å². The van der Waals surface area contributed by atoms with Gasteiger partial charge in [0.25, 0.3) is 0 Å². The van der Waals surface area contributed by atoms with E-state index in [-0.39, 0.29) is 30.6 Å². The predicted octanol–water partition coefficient (Wildman–Crippen LogP) is 4.92. The summed E-state index contributed by atoms with van der Waals surface area (Å²) in [4.78, 5) is 28.6. The van der Waals surface area contributed by atoms with Crippen molar-refractivity contribution in [2.45, 2.75) is 51.7 Å². The van der Waals surface area contributed by atoms with Gasteiger partial charge in [-0.05, 0) is 49.6 Å². The van der Waals surface area contributed by atoms with E-state index in [1.54, 1.807) is 17.0 Å². The first-order chi connectivity index (χ1) is 15.7. The lowest BCUT2D eigenvalue weighted by molar-refractivity contribution is -0.141. The minimum absolute atomic E-state index is 0.157. The van der Waals surface area contributed by atoms with Gasteiger partial charge in [0.05, 0.1) is 6.42 Å². The summed E-state index contributed by atoms with van der Waals surface area (Å²) in [5, 5.41) is 3.04. The molecule has 5 heteroatoms. The van der Waals surface area contributed by atoms with E-state index in [0.717, 1.165) is 16.7 Å². The molecular weight excluding hydrogens is 415 g/mol. The standard InChI is InChI=1S/C28H31FN2O2/c1-28(2,3)30-27(33)25(18-21-10-6-4-7-11-21)31(20-23-14-16-24(29)17-15-23)26(32)19-22-12-8-5-9-13-22/h4-17,25H,18-20H2,1-3H3,(H,30,33)/t25-/m1/s1. The van der Waals surface area contributed by atoms with Crippen molar-refractivity contribution in [3.8, 4) is 0 Å². The van der Waals surface area contributed by atoms with E-state index in [2.05, 4.69) is 5.32 Å². The fraction of sp³-hybridized carbons (Fsp3) is 0.286. The summed E-state index contributed by atoms with van der Waals surface area (Å²) in [5.41, 5.74) is 2.15. The average molecular weight is 447 g/mol. The van der Waals surface area contributed by atoms with Crippen LogP contribution >= 0.6 is 0 Å².